The molecule has 3 heteroatoms. The average Bonchev–Trinajstić information content (AvgIpc) is 2.20. The molecule has 2 rings (SSSR count). The van der Waals surface area contributed by atoms with Gasteiger partial charge in [0.15, 0.2) is 0 Å². The Labute approximate surface area is 89.0 Å². The molecule has 0 spiro atoms. The molecule has 1 aromatic rings. The zero-order valence-electron chi connectivity index (χ0n) is 8.49. The minimum atomic E-state index is 0.583. The number of fused-ring (bicyclic) bond motifs is 1. The van der Waals surface area contributed by atoms with Gasteiger partial charge in [0.1, 0.15) is 11.5 Å². The quantitative estimate of drug-likeness (QED) is 0.717. The molecule has 0 bridgehead atoms. The highest BCUT2D eigenvalue weighted by Crippen LogP contribution is 2.31. The van der Waals surface area contributed by atoms with Crippen molar-refractivity contribution in [3.05, 3.63) is 41.7 Å². The Kier molecular flexibility index (Phi) is 2.47. The fourth-order valence-corrected chi connectivity index (χ4v) is 1.60. The number of hydrogen-bond acceptors (Lipinski definition) is 3. The predicted molar refractivity (Wildman–Crippen MR) is 62.4 cm³/mol. The van der Waals surface area contributed by atoms with E-state index in [1.807, 2.05) is 24.3 Å². The van der Waals surface area contributed by atoms with Crippen LogP contribution in [0.25, 0.3) is 6.08 Å². The van der Waals surface area contributed by atoms with E-state index in [1.54, 1.807) is 0 Å². The van der Waals surface area contributed by atoms with Crippen molar-refractivity contribution in [2.75, 3.05) is 12.3 Å². The summed E-state index contributed by atoms with van der Waals surface area (Å²) in [5, 5.41) is 0. The maximum absolute atomic E-state index is 5.90. The lowest BCUT2D eigenvalue weighted by Gasteiger charge is -2.16. The molecule has 0 saturated heterocycles. The van der Waals surface area contributed by atoms with Gasteiger partial charge in [-0.15, -0.1) is 0 Å². The first-order valence-electron chi connectivity index (χ1n) is 4.88. The molecule has 1 aliphatic rings. The number of allylic oxidation sites excluding steroid dienone is 1. The summed E-state index contributed by atoms with van der Waals surface area (Å²) in [6.45, 7) is 4.33. The number of anilines is 1. The van der Waals surface area contributed by atoms with Crippen molar-refractivity contribution in [3.8, 4) is 5.75 Å². The second kappa shape index (κ2) is 3.79. The number of nitrogens with two attached hydrogens (primary N) is 2. The van der Waals surface area contributed by atoms with Crippen LogP contribution >= 0.6 is 0 Å². The van der Waals surface area contributed by atoms with Crippen molar-refractivity contribution < 1.29 is 4.74 Å². The van der Waals surface area contributed by atoms with Crippen molar-refractivity contribution in [1.82, 2.24) is 0 Å². The van der Waals surface area contributed by atoms with Crippen molar-refractivity contribution >= 4 is 11.8 Å². The Balaban J connectivity index is 2.44. The molecule has 4 N–H and O–H groups in total. The summed E-state index contributed by atoms with van der Waals surface area (Å²) in [5.74, 6) is 1.45. The lowest BCUT2D eigenvalue weighted by atomic mass is 10.0. The van der Waals surface area contributed by atoms with E-state index >= 15 is 0 Å². The highest BCUT2D eigenvalue weighted by Gasteiger charge is 2.11. The second-order valence-corrected chi connectivity index (χ2v) is 3.53. The van der Waals surface area contributed by atoms with Gasteiger partial charge in [-0.25, -0.2) is 0 Å². The lowest BCUT2D eigenvalue weighted by molar-refractivity contribution is 0.442. The number of hydrogen-bond donors (Lipinski definition) is 2. The largest absolute Gasteiger partial charge is 0.457 e. The van der Waals surface area contributed by atoms with Crippen LogP contribution in [0.1, 0.15) is 11.1 Å². The van der Waals surface area contributed by atoms with Crippen LogP contribution in [0.15, 0.2) is 30.5 Å². The molecule has 15 heavy (non-hydrogen) atoms. The van der Waals surface area contributed by atoms with Crippen molar-refractivity contribution in [2.45, 2.75) is 6.42 Å². The Morgan fingerprint density at radius 2 is 2.07 bits per heavy atom. The van der Waals surface area contributed by atoms with E-state index in [1.165, 1.54) is 0 Å². The van der Waals surface area contributed by atoms with Gasteiger partial charge in [0.2, 0.25) is 0 Å². The predicted octanol–water partition coefficient (Wildman–Crippen LogP) is 1.69. The van der Waals surface area contributed by atoms with Crippen LogP contribution in [0, 0.1) is 0 Å². The molecule has 0 amide bonds. The molecule has 3 nitrogen and oxygen atoms in total. The fourth-order valence-electron chi connectivity index (χ4n) is 1.60. The van der Waals surface area contributed by atoms with E-state index in [-0.39, 0.29) is 0 Å². The molecule has 1 aliphatic heterocycles. The molecule has 1 heterocycles. The van der Waals surface area contributed by atoms with Crippen LogP contribution in [0.4, 0.5) is 5.69 Å². The van der Waals surface area contributed by atoms with Gasteiger partial charge in [0.25, 0.3) is 0 Å². The molecule has 0 radical (unpaired) electrons. The summed E-state index contributed by atoms with van der Waals surface area (Å²) >= 11 is 0. The summed E-state index contributed by atoms with van der Waals surface area (Å²) in [6.07, 6.45) is 4.53. The fraction of sp³-hybridized carbons (Fsp3) is 0.167. The van der Waals surface area contributed by atoms with E-state index in [2.05, 4.69) is 6.58 Å². The smallest absolute Gasteiger partial charge is 0.135 e. The summed E-state index contributed by atoms with van der Waals surface area (Å²) in [6, 6.07) is 3.84. The van der Waals surface area contributed by atoms with Crippen LogP contribution in [0.5, 0.6) is 5.75 Å². The molecule has 0 fully saturated rings. The minimum absolute atomic E-state index is 0.583. The molecule has 0 unspecified atom stereocenters. The lowest BCUT2D eigenvalue weighted by Crippen LogP contribution is -2.07. The van der Waals surface area contributed by atoms with Gasteiger partial charge in [0.05, 0.1) is 0 Å². The Bertz CT molecular complexity index is 435. The van der Waals surface area contributed by atoms with Gasteiger partial charge in [-0.1, -0.05) is 6.58 Å². The Morgan fingerprint density at radius 1 is 1.27 bits per heavy atom. The van der Waals surface area contributed by atoms with Gasteiger partial charge in [-0.05, 0) is 42.8 Å². The SMILES string of the molecule is C=C1C=Cc2cc(N)c(CCN)cc2O1. The monoisotopic (exact) mass is 202 g/mol. The van der Waals surface area contributed by atoms with Crippen molar-refractivity contribution in [3.63, 3.8) is 0 Å². The molecule has 0 aliphatic carbocycles. The summed E-state index contributed by atoms with van der Waals surface area (Å²) in [5.41, 5.74) is 14.2. The van der Waals surface area contributed by atoms with E-state index in [9.17, 15) is 0 Å². The zero-order chi connectivity index (χ0) is 10.8. The molecular weight excluding hydrogens is 188 g/mol. The Morgan fingerprint density at radius 3 is 2.80 bits per heavy atom. The highest BCUT2D eigenvalue weighted by molar-refractivity contribution is 5.68. The van der Waals surface area contributed by atoms with E-state index in [0.717, 1.165) is 29.0 Å². The van der Waals surface area contributed by atoms with Crippen LogP contribution in [0.2, 0.25) is 0 Å². The third-order valence-corrected chi connectivity index (χ3v) is 2.38. The average molecular weight is 202 g/mol. The molecule has 78 valence electrons. The van der Waals surface area contributed by atoms with Crippen molar-refractivity contribution in [2.24, 2.45) is 5.73 Å². The van der Waals surface area contributed by atoms with E-state index in [0.29, 0.717) is 12.3 Å². The first kappa shape index (κ1) is 9.80. The minimum Gasteiger partial charge on any atom is -0.457 e. The number of benzene rings is 1. The van der Waals surface area contributed by atoms with E-state index in [4.69, 9.17) is 16.2 Å². The molecule has 0 aromatic heterocycles. The highest BCUT2D eigenvalue weighted by atomic mass is 16.5. The van der Waals surface area contributed by atoms with Gasteiger partial charge in [0, 0.05) is 11.3 Å². The first-order chi connectivity index (χ1) is 7.20. The molecule has 1 aromatic carbocycles. The van der Waals surface area contributed by atoms with Gasteiger partial charge < -0.3 is 16.2 Å². The second-order valence-electron chi connectivity index (χ2n) is 3.53. The van der Waals surface area contributed by atoms with Crippen LogP contribution in [0.3, 0.4) is 0 Å². The first-order valence-corrected chi connectivity index (χ1v) is 4.88. The van der Waals surface area contributed by atoms with Crippen LogP contribution < -0.4 is 16.2 Å². The normalized spacial score (nSPS) is 13.5. The molecular formula is C12H14N2O. The topological polar surface area (TPSA) is 61.3 Å². The summed E-state index contributed by atoms with van der Waals surface area (Å²) in [4.78, 5) is 0. The number of rotatable bonds is 2. The standard InChI is InChI=1S/C12H14N2O/c1-8-2-3-10-6-11(14)9(4-5-13)7-12(10)15-8/h2-3,6-7H,1,4-5,13-14H2. The van der Waals surface area contributed by atoms with Crippen molar-refractivity contribution in [1.29, 1.82) is 0 Å². The summed E-state index contributed by atoms with van der Waals surface area (Å²) in [7, 11) is 0. The zero-order valence-corrected chi connectivity index (χ0v) is 8.49. The van der Waals surface area contributed by atoms with Gasteiger partial charge in [-0.2, -0.15) is 0 Å². The van der Waals surface area contributed by atoms with E-state index < -0.39 is 0 Å². The third kappa shape index (κ3) is 1.87. The third-order valence-electron chi connectivity index (χ3n) is 2.38. The number of nitrogen functional groups attached to an aromatic ring is 1. The van der Waals surface area contributed by atoms with Gasteiger partial charge >= 0.3 is 0 Å². The summed E-state index contributed by atoms with van der Waals surface area (Å²) < 4.78 is 5.50. The van der Waals surface area contributed by atoms with Crippen LogP contribution in [-0.4, -0.2) is 6.54 Å². The van der Waals surface area contributed by atoms with Crippen LogP contribution in [-0.2, 0) is 6.42 Å². The maximum Gasteiger partial charge on any atom is 0.135 e. The maximum atomic E-state index is 5.90. The number of ether oxygens (including phenoxy) is 1. The molecule has 0 saturated carbocycles. The van der Waals surface area contributed by atoms with Gasteiger partial charge in [-0.3, -0.25) is 0 Å². The Hall–Kier alpha value is -1.74. The molecule has 0 atom stereocenters.